The first-order valence-corrected chi connectivity index (χ1v) is 6.21. The highest BCUT2D eigenvalue weighted by Gasteiger charge is 2.02. The average molecular weight is 252 g/mol. The van der Waals surface area contributed by atoms with Crippen LogP contribution < -0.4 is 16.4 Å². The van der Waals surface area contributed by atoms with Gasteiger partial charge in [0.1, 0.15) is 17.5 Å². The molecule has 0 aliphatic rings. The Bertz CT molecular complexity index is 364. The van der Waals surface area contributed by atoms with Crippen LogP contribution in [0.4, 0.5) is 11.6 Å². The maximum absolute atomic E-state index is 5.70. The van der Waals surface area contributed by atoms with Gasteiger partial charge in [0.05, 0.1) is 0 Å². The van der Waals surface area contributed by atoms with Crippen molar-refractivity contribution in [3.8, 4) is 0 Å². The third kappa shape index (κ3) is 5.79. The number of nitrogens with zero attached hydrogens (tertiary/aromatic N) is 3. The summed E-state index contributed by atoms with van der Waals surface area (Å²) in [5.41, 5.74) is 5.70. The Hall–Kier alpha value is -1.40. The van der Waals surface area contributed by atoms with E-state index < -0.39 is 0 Å². The van der Waals surface area contributed by atoms with Crippen molar-refractivity contribution >= 4 is 11.6 Å². The van der Waals surface area contributed by atoms with Crippen molar-refractivity contribution in [1.82, 2.24) is 14.9 Å². The van der Waals surface area contributed by atoms with Crippen LogP contribution in [-0.2, 0) is 0 Å². The number of aromatic nitrogens is 2. The molecule has 6 heteroatoms. The van der Waals surface area contributed by atoms with E-state index in [9.17, 15) is 0 Å². The van der Waals surface area contributed by atoms with Crippen LogP contribution in [0.25, 0.3) is 0 Å². The van der Waals surface area contributed by atoms with Gasteiger partial charge in [-0.3, -0.25) is 0 Å². The largest absolute Gasteiger partial charge is 0.369 e. The van der Waals surface area contributed by atoms with Crippen LogP contribution in [-0.4, -0.2) is 54.6 Å². The Balaban J connectivity index is 2.57. The fraction of sp³-hybridized carbons (Fsp3) is 0.667. The summed E-state index contributed by atoms with van der Waals surface area (Å²) in [6.45, 7) is 6.36. The second-order valence-corrected chi connectivity index (χ2v) is 4.77. The van der Waals surface area contributed by atoms with E-state index in [1.54, 1.807) is 0 Å². The molecule has 1 aromatic heterocycles. The summed E-state index contributed by atoms with van der Waals surface area (Å²) in [5.74, 6) is 2.40. The van der Waals surface area contributed by atoms with E-state index in [1.807, 2.05) is 34.0 Å². The van der Waals surface area contributed by atoms with Crippen molar-refractivity contribution in [2.75, 3.05) is 44.4 Å². The monoisotopic (exact) mass is 252 g/mol. The van der Waals surface area contributed by atoms with E-state index in [2.05, 4.69) is 25.5 Å². The molecule has 0 saturated heterocycles. The van der Waals surface area contributed by atoms with Gasteiger partial charge in [-0.1, -0.05) is 0 Å². The van der Waals surface area contributed by atoms with E-state index >= 15 is 0 Å². The van der Waals surface area contributed by atoms with Crippen LogP contribution >= 0.6 is 0 Å². The number of anilines is 2. The van der Waals surface area contributed by atoms with Gasteiger partial charge >= 0.3 is 0 Å². The molecule has 0 amide bonds. The predicted molar refractivity (Wildman–Crippen MR) is 76.0 cm³/mol. The van der Waals surface area contributed by atoms with Crippen LogP contribution in [0.5, 0.6) is 0 Å². The molecule has 0 aliphatic heterocycles. The normalized spacial score (nSPS) is 12.6. The molecular formula is C12H24N6. The first kappa shape index (κ1) is 14.7. The lowest BCUT2D eigenvalue weighted by atomic mass is 10.3. The van der Waals surface area contributed by atoms with E-state index in [-0.39, 0.29) is 6.04 Å². The maximum atomic E-state index is 5.70. The third-order valence-corrected chi connectivity index (χ3v) is 2.31. The van der Waals surface area contributed by atoms with Crippen molar-refractivity contribution in [1.29, 1.82) is 0 Å². The van der Waals surface area contributed by atoms with Crippen molar-refractivity contribution in [2.45, 2.75) is 19.9 Å². The minimum absolute atomic E-state index is 0.102. The zero-order valence-corrected chi connectivity index (χ0v) is 11.7. The highest BCUT2D eigenvalue weighted by molar-refractivity contribution is 5.47. The molecule has 0 aliphatic carbocycles. The fourth-order valence-corrected chi connectivity index (χ4v) is 1.42. The van der Waals surface area contributed by atoms with Gasteiger partial charge in [0.25, 0.3) is 0 Å². The van der Waals surface area contributed by atoms with Crippen LogP contribution in [0, 0.1) is 6.92 Å². The molecule has 18 heavy (non-hydrogen) atoms. The number of nitrogens with two attached hydrogens (primary N) is 1. The third-order valence-electron chi connectivity index (χ3n) is 2.31. The van der Waals surface area contributed by atoms with Crippen LogP contribution in [0.1, 0.15) is 12.7 Å². The summed E-state index contributed by atoms with van der Waals surface area (Å²) in [4.78, 5) is 10.8. The maximum Gasteiger partial charge on any atom is 0.131 e. The SMILES string of the molecule is Cc1nc(NCCN(C)C)cc(NCC(C)N)n1. The van der Waals surface area contributed by atoms with Gasteiger partial charge in [0.2, 0.25) is 0 Å². The average Bonchev–Trinajstić information content (AvgIpc) is 2.25. The van der Waals surface area contributed by atoms with Crippen LogP contribution in [0.2, 0.25) is 0 Å². The number of aryl methyl sites for hydroxylation is 1. The minimum Gasteiger partial charge on any atom is -0.369 e. The highest BCUT2D eigenvalue weighted by atomic mass is 15.1. The van der Waals surface area contributed by atoms with Gasteiger partial charge in [-0.05, 0) is 27.9 Å². The van der Waals surface area contributed by atoms with Gasteiger partial charge < -0.3 is 21.3 Å². The number of nitrogens with one attached hydrogen (secondary N) is 2. The molecule has 0 bridgehead atoms. The number of rotatable bonds is 7. The molecule has 1 atom stereocenters. The Labute approximate surface area is 109 Å². The molecule has 0 spiro atoms. The Morgan fingerprint density at radius 3 is 2.44 bits per heavy atom. The second-order valence-electron chi connectivity index (χ2n) is 4.77. The topological polar surface area (TPSA) is 79.1 Å². The molecule has 0 fully saturated rings. The van der Waals surface area contributed by atoms with Crippen molar-refractivity contribution < 1.29 is 0 Å². The second kappa shape index (κ2) is 7.13. The number of likely N-dealkylation sites (N-methyl/N-ethyl adjacent to an activating group) is 1. The molecule has 6 nitrogen and oxygen atoms in total. The lowest BCUT2D eigenvalue weighted by Crippen LogP contribution is -2.26. The lowest BCUT2D eigenvalue weighted by Gasteiger charge is -2.13. The molecule has 1 unspecified atom stereocenters. The molecule has 4 N–H and O–H groups in total. The molecule has 1 heterocycles. The first-order chi connectivity index (χ1) is 8.47. The summed E-state index contributed by atoms with van der Waals surface area (Å²) in [6, 6.07) is 2.01. The van der Waals surface area contributed by atoms with Crippen molar-refractivity contribution in [2.24, 2.45) is 5.73 Å². The summed E-state index contributed by atoms with van der Waals surface area (Å²) in [7, 11) is 4.09. The number of hydrogen-bond donors (Lipinski definition) is 3. The highest BCUT2D eigenvalue weighted by Crippen LogP contribution is 2.10. The van der Waals surface area contributed by atoms with Gasteiger partial charge in [-0.25, -0.2) is 9.97 Å². The van der Waals surface area contributed by atoms with Crippen molar-refractivity contribution in [3.05, 3.63) is 11.9 Å². The molecule has 0 radical (unpaired) electrons. The summed E-state index contributed by atoms with van der Waals surface area (Å²) in [5, 5.41) is 6.48. The fourth-order valence-electron chi connectivity index (χ4n) is 1.42. The van der Waals surface area contributed by atoms with Gasteiger partial charge in [0.15, 0.2) is 0 Å². The van der Waals surface area contributed by atoms with Gasteiger partial charge in [0, 0.05) is 31.7 Å². The Morgan fingerprint density at radius 1 is 1.28 bits per heavy atom. The summed E-state index contributed by atoms with van der Waals surface area (Å²) < 4.78 is 0. The van der Waals surface area contributed by atoms with Gasteiger partial charge in [-0.2, -0.15) is 0 Å². The zero-order chi connectivity index (χ0) is 13.5. The first-order valence-electron chi connectivity index (χ1n) is 6.21. The van der Waals surface area contributed by atoms with E-state index in [1.165, 1.54) is 0 Å². The standard InChI is InChI=1S/C12H24N6/c1-9(13)8-15-12-7-11(16-10(2)17-12)14-5-6-18(3)4/h7,9H,5-6,8,13H2,1-4H3,(H2,14,15,16,17). The molecule has 0 saturated carbocycles. The summed E-state index contributed by atoms with van der Waals surface area (Å²) in [6.07, 6.45) is 0. The molecule has 102 valence electrons. The van der Waals surface area contributed by atoms with Gasteiger partial charge in [-0.15, -0.1) is 0 Å². The van der Waals surface area contributed by atoms with E-state index in [0.29, 0.717) is 6.54 Å². The van der Waals surface area contributed by atoms with Crippen LogP contribution in [0.3, 0.4) is 0 Å². The Morgan fingerprint density at radius 2 is 1.89 bits per heavy atom. The minimum atomic E-state index is 0.102. The molecule has 0 aromatic carbocycles. The smallest absolute Gasteiger partial charge is 0.131 e. The van der Waals surface area contributed by atoms with E-state index in [4.69, 9.17) is 5.73 Å². The van der Waals surface area contributed by atoms with Crippen LogP contribution in [0.15, 0.2) is 6.07 Å². The summed E-state index contributed by atoms with van der Waals surface area (Å²) >= 11 is 0. The Kier molecular flexibility index (Phi) is 5.80. The lowest BCUT2D eigenvalue weighted by molar-refractivity contribution is 0.425. The van der Waals surface area contributed by atoms with Crippen molar-refractivity contribution in [3.63, 3.8) is 0 Å². The quantitative estimate of drug-likeness (QED) is 0.656. The zero-order valence-electron chi connectivity index (χ0n) is 11.7. The molecule has 1 rings (SSSR count). The molecular weight excluding hydrogens is 228 g/mol. The van der Waals surface area contributed by atoms with E-state index in [0.717, 1.165) is 30.5 Å². The molecule has 1 aromatic rings. The predicted octanol–water partition coefficient (Wildman–Crippen LogP) is 0.518. The number of hydrogen-bond acceptors (Lipinski definition) is 6.